The molecule has 7 nitrogen and oxygen atoms in total. The molecule has 1 saturated heterocycles. The second kappa shape index (κ2) is 11.8. The lowest BCUT2D eigenvalue weighted by atomic mass is 9.96. The summed E-state index contributed by atoms with van der Waals surface area (Å²) in [6.07, 6.45) is 0.965. The van der Waals surface area contributed by atoms with Gasteiger partial charge in [-0.1, -0.05) is 42.9 Å². The van der Waals surface area contributed by atoms with Gasteiger partial charge in [0.05, 0.1) is 15.1 Å². The smallest absolute Gasteiger partial charge is 0.243 e. The minimum Gasteiger partial charge on any atom is -0.302 e. The molecule has 1 fully saturated rings. The second-order valence-corrected chi connectivity index (χ2v) is 12.9. The summed E-state index contributed by atoms with van der Waals surface area (Å²) >= 11 is 7.48. The maximum atomic E-state index is 13.9. The average molecular weight is 563 g/mol. The molecule has 1 aromatic heterocycles. The molecule has 0 bridgehead atoms. The van der Waals surface area contributed by atoms with Gasteiger partial charge in [0.2, 0.25) is 15.9 Å². The van der Waals surface area contributed by atoms with Crippen molar-refractivity contribution in [1.82, 2.24) is 14.2 Å². The molecule has 0 aliphatic carbocycles. The molecule has 0 atom stereocenters. The number of thiazole rings is 1. The number of aromatic nitrogens is 1. The zero-order valence-corrected chi connectivity index (χ0v) is 24.3. The quantitative estimate of drug-likeness (QED) is 0.352. The fourth-order valence-corrected chi connectivity index (χ4v) is 7.38. The third-order valence-corrected chi connectivity index (χ3v) is 10.6. The summed E-state index contributed by atoms with van der Waals surface area (Å²) in [5, 5.41) is 1.21. The first-order valence-electron chi connectivity index (χ1n) is 12.8. The molecule has 2 heterocycles. The summed E-state index contributed by atoms with van der Waals surface area (Å²) in [6, 6.07) is 10.4. The van der Waals surface area contributed by atoms with Crippen molar-refractivity contribution in [2.24, 2.45) is 5.92 Å². The number of anilines is 1. The third-order valence-electron chi connectivity index (χ3n) is 7.36. The van der Waals surface area contributed by atoms with Gasteiger partial charge >= 0.3 is 0 Å². The van der Waals surface area contributed by atoms with Crippen molar-refractivity contribution < 1.29 is 13.2 Å². The zero-order valence-electron chi connectivity index (χ0n) is 21.9. The van der Waals surface area contributed by atoms with Crippen molar-refractivity contribution in [2.45, 2.75) is 45.4 Å². The molecule has 1 amide bonds. The van der Waals surface area contributed by atoms with Crippen LogP contribution in [0.15, 0.2) is 41.3 Å². The van der Waals surface area contributed by atoms with Gasteiger partial charge in [0.15, 0.2) is 5.13 Å². The Morgan fingerprint density at radius 1 is 1.05 bits per heavy atom. The topological polar surface area (TPSA) is 73.8 Å². The number of likely N-dealkylation sites (N-methyl/N-ethyl adjacent to an activating group) is 1. The van der Waals surface area contributed by atoms with Crippen LogP contribution in [-0.2, 0) is 14.8 Å². The van der Waals surface area contributed by atoms with E-state index in [1.54, 1.807) is 23.5 Å². The maximum absolute atomic E-state index is 13.9. The van der Waals surface area contributed by atoms with Gasteiger partial charge in [0, 0.05) is 37.1 Å². The molecular formula is C27H35ClN4O3S2. The van der Waals surface area contributed by atoms with E-state index in [0.717, 1.165) is 40.5 Å². The number of amides is 1. The molecule has 0 saturated carbocycles. The van der Waals surface area contributed by atoms with Crippen molar-refractivity contribution in [3.63, 3.8) is 0 Å². The minimum atomic E-state index is -3.62. The van der Waals surface area contributed by atoms with Gasteiger partial charge in [-0.25, -0.2) is 13.4 Å². The summed E-state index contributed by atoms with van der Waals surface area (Å²) < 4.78 is 28.8. The van der Waals surface area contributed by atoms with Crippen molar-refractivity contribution in [1.29, 1.82) is 0 Å². The van der Waals surface area contributed by atoms with Crippen molar-refractivity contribution in [2.75, 3.05) is 44.2 Å². The van der Waals surface area contributed by atoms with E-state index in [0.29, 0.717) is 37.5 Å². The molecule has 37 heavy (non-hydrogen) atoms. The van der Waals surface area contributed by atoms with E-state index >= 15 is 0 Å². The Hall–Kier alpha value is -2.04. The van der Waals surface area contributed by atoms with Crippen LogP contribution in [0, 0.1) is 19.8 Å². The van der Waals surface area contributed by atoms with E-state index in [2.05, 4.69) is 44.7 Å². The van der Waals surface area contributed by atoms with E-state index in [4.69, 9.17) is 16.6 Å². The number of sulfonamides is 1. The van der Waals surface area contributed by atoms with E-state index in [1.165, 1.54) is 22.0 Å². The van der Waals surface area contributed by atoms with Gasteiger partial charge in [-0.05, 0) is 81.2 Å². The first-order valence-corrected chi connectivity index (χ1v) is 15.4. The molecule has 4 rings (SSSR count). The minimum absolute atomic E-state index is 0.0316. The molecule has 200 valence electrons. The fourth-order valence-electron chi connectivity index (χ4n) is 4.73. The number of rotatable bonds is 9. The maximum Gasteiger partial charge on any atom is 0.243 e. The van der Waals surface area contributed by atoms with Gasteiger partial charge in [0.25, 0.3) is 0 Å². The van der Waals surface area contributed by atoms with Crippen LogP contribution >= 0.6 is 22.9 Å². The Balaban J connectivity index is 1.54. The Morgan fingerprint density at radius 3 is 2.32 bits per heavy atom. The van der Waals surface area contributed by atoms with Gasteiger partial charge < -0.3 is 4.90 Å². The van der Waals surface area contributed by atoms with Crippen molar-refractivity contribution in [3.05, 3.63) is 52.5 Å². The first kappa shape index (κ1) is 28.0. The number of nitrogens with zero attached hydrogens (tertiary/aromatic N) is 4. The normalized spacial score (nSPS) is 15.5. The van der Waals surface area contributed by atoms with Gasteiger partial charge in [0.1, 0.15) is 0 Å². The largest absolute Gasteiger partial charge is 0.302 e. The first-order chi connectivity index (χ1) is 17.6. The highest BCUT2D eigenvalue weighted by Crippen LogP contribution is 2.34. The molecule has 0 spiro atoms. The highest BCUT2D eigenvalue weighted by atomic mass is 35.5. The molecule has 1 aliphatic rings. The number of carbonyl (C=O) groups is 1. The number of fused-ring (bicyclic) bond motifs is 1. The molecular weight excluding hydrogens is 528 g/mol. The molecule has 0 radical (unpaired) electrons. The fraction of sp³-hybridized carbons (Fsp3) is 0.481. The summed E-state index contributed by atoms with van der Waals surface area (Å²) in [5.74, 6) is -0.215. The number of piperidine rings is 1. The van der Waals surface area contributed by atoms with Crippen LogP contribution in [-0.4, -0.2) is 67.8 Å². The van der Waals surface area contributed by atoms with E-state index in [9.17, 15) is 13.2 Å². The van der Waals surface area contributed by atoms with Crippen molar-refractivity contribution in [3.8, 4) is 0 Å². The lowest BCUT2D eigenvalue weighted by Gasteiger charge is -2.33. The van der Waals surface area contributed by atoms with E-state index < -0.39 is 10.0 Å². The van der Waals surface area contributed by atoms with Crippen LogP contribution in [0.2, 0.25) is 5.02 Å². The SMILES string of the molecule is CCN(CC)CCN(C(=O)C1CCN(S(=O)(=O)c2ccc(Cl)cc2)CC1)c1nc2c(C)c(C)ccc2s1. The summed E-state index contributed by atoms with van der Waals surface area (Å²) in [7, 11) is -3.62. The Morgan fingerprint density at radius 2 is 1.70 bits per heavy atom. The van der Waals surface area contributed by atoms with Crippen LogP contribution in [0.4, 0.5) is 5.13 Å². The number of hydrogen-bond donors (Lipinski definition) is 0. The standard InChI is InChI=1S/C27H35ClN4O3S2/c1-5-30(6-2)17-18-32(27-29-25-20(4)19(3)7-12-24(25)36-27)26(33)21-13-15-31(16-14-21)37(34,35)23-10-8-22(28)9-11-23/h7-12,21H,5-6,13-18H2,1-4H3. The van der Waals surface area contributed by atoms with Crippen LogP contribution in [0.25, 0.3) is 10.2 Å². The summed E-state index contributed by atoms with van der Waals surface area (Å²) in [4.78, 5) is 23.1. The number of aryl methyl sites for hydroxylation is 2. The number of hydrogen-bond acceptors (Lipinski definition) is 6. The van der Waals surface area contributed by atoms with Crippen LogP contribution < -0.4 is 4.90 Å². The van der Waals surface area contributed by atoms with Crippen LogP contribution in [0.5, 0.6) is 0 Å². The molecule has 0 unspecified atom stereocenters. The Labute approximate surface area is 229 Å². The number of benzene rings is 2. The molecule has 1 aliphatic heterocycles. The van der Waals surface area contributed by atoms with Crippen LogP contribution in [0.3, 0.4) is 0 Å². The lowest BCUT2D eigenvalue weighted by Crippen LogP contribution is -2.46. The highest BCUT2D eigenvalue weighted by Gasteiger charge is 2.35. The van der Waals surface area contributed by atoms with Gasteiger partial charge in [-0.3, -0.25) is 9.69 Å². The summed E-state index contributed by atoms with van der Waals surface area (Å²) in [6.45, 7) is 12.1. The molecule has 3 aromatic rings. The molecule has 0 N–H and O–H groups in total. The third kappa shape index (κ3) is 6.01. The van der Waals surface area contributed by atoms with E-state index in [-0.39, 0.29) is 16.7 Å². The second-order valence-electron chi connectivity index (χ2n) is 9.50. The molecule has 2 aromatic carbocycles. The van der Waals surface area contributed by atoms with Crippen molar-refractivity contribution >= 4 is 54.2 Å². The number of carbonyl (C=O) groups excluding carboxylic acids is 1. The predicted octanol–water partition coefficient (Wildman–Crippen LogP) is 5.34. The average Bonchev–Trinajstić information content (AvgIpc) is 3.33. The van der Waals surface area contributed by atoms with Gasteiger partial charge in [-0.2, -0.15) is 4.31 Å². The lowest BCUT2D eigenvalue weighted by molar-refractivity contribution is -0.123. The van der Waals surface area contributed by atoms with Crippen LogP contribution in [0.1, 0.15) is 37.8 Å². The molecule has 10 heteroatoms. The predicted molar refractivity (Wildman–Crippen MR) is 152 cm³/mol. The summed E-state index contributed by atoms with van der Waals surface area (Å²) in [5.41, 5.74) is 3.26. The Bertz CT molecular complexity index is 1350. The zero-order chi connectivity index (χ0) is 26.7. The Kier molecular flexibility index (Phi) is 8.91. The van der Waals surface area contributed by atoms with E-state index in [1.807, 2.05) is 4.90 Å². The number of halogens is 1. The monoisotopic (exact) mass is 562 g/mol. The highest BCUT2D eigenvalue weighted by molar-refractivity contribution is 7.89. The van der Waals surface area contributed by atoms with Gasteiger partial charge in [-0.15, -0.1) is 0 Å².